The van der Waals surface area contributed by atoms with Crippen LogP contribution in [-0.2, 0) is 6.54 Å². The fourth-order valence-corrected chi connectivity index (χ4v) is 1.86. The molecule has 0 aliphatic heterocycles. The minimum atomic E-state index is 0.463. The Morgan fingerprint density at radius 1 is 1.53 bits per heavy atom. The van der Waals surface area contributed by atoms with Gasteiger partial charge in [-0.2, -0.15) is 5.10 Å². The molecule has 0 radical (unpaired) electrons. The zero-order valence-electron chi connectivity index (χ0n) is 9.74. The van der Waals surface area contributed by atoms with Crippen LogP contribution < -0.4 is 5.32 Å². The van der Waals surface area contributed by atoms with Crippen molar-refractivity contribution in [3.8, 4) is 0 Å². The summed E-state index contributed by atoms with van der Waals surface area (Å²) in [5, 5.41) is 7.98. The Labute approximate surface area is 91.9 Å². The number of nitrogens with zero attached hydrogens (tertiary/aromatic N) is 2. The van der Waals surface area contributed by atoms with Gasteiger partial charge in [-0.3, -0.25) is 4.68 Å². The van der Waals surface area contributed by atoms with E-state index in [0.29, 0.717) is 6.04 Å². The highest BCUT2D eigenvalue weighted by Crippen LogP contribution is 2.25. The van der Waals surface area contributed by atoms with E-state index in [1.165, 1.54) is 19.3 Å². The van der Waals surface area contributed by atoms with Crippen LogP contribution in [0.5, 0.6) is 0 Å². The van der Waals surface area contributed by atoms with E-state index in [1.54, 1.807) is 0 Å². The Balaban J connectivity index is 1.72. The van der Waals surface area contributed by atoms with Crippen LogP contribution in [0.25, 0.3) is 0 Å². The minimum Gasteiger partial charge on any atom is -0.311 e. The van der Waals surface area contributed by atoms with Gasteiger partial charge in [0.1, 0.15) is 0 Å². The lowest BCUT2D eigenvalue weighted by molar-refractivity contribution is 0.300. The molecule has 1 fully saturated rings. The van der Waals surface area contributed by atoms with Gasteiger partial charge < -0.3 is 5.32 Å². The van der Waals surface area contributed by atoms with Gasteiger partial charge in [0.2, 0.25) is 0 Å². The Bertz CT molecular complexity index is 300. The van der Waals surface area contributed by atoms with Crippen molar-refractivity contribution in [2.24, 2.45) is 5.92 Å². The maximum absolute atomic E-state index is 4.50. The molecule has 0 unspecified atom stereocenters. The summed E-state index contributed by atoms with van der Waals surface area (Å²) < 4.78 is 2.01. The highest BCUT2D eigenvalue weighted by molar-refractivity contribution is 4.99. The number of aromatic nitrogens is 2. The molecular weight excluding hydrogens is 186 g/mol. The van der Waals surface area contributed by atoms with E-state index in [4.69, 9.17) is 0 Å². The third-order valence-corrected chi connectivity index (χ3v) is 3.16. The highest BCUT2D eigenvalue weighted by Gasteiger charge is 2.16. The quantitative estimate of drug-likeness (QED) is 0.803. The van der Waals surface area contributed by atoms with Gasteiger partial charge in [-0.25, -0.2) is 0 Å². The van der Waals surface area contributed by atoms with Gasteiger partial charge in [-0.05, 0) is 45.2 Å². The van der Waals surface area contributed by atoms with Crippen LogP contribution in [0.1, 0.15) is 44.8 Å². The summed E-state index contributed by atoms with van der Waals surface area (Å²) in [7, 11) is 0. The third kappa shape index (κ3) is 2.81. The Morgan fingerprint density at radius 3 is 2.87 bits per heavy atom. The fraction of sp³-hybridized carbons (Fsp3) is 0.750. The molecule has 1 heterocycles. The van der Waals surface area contributed by atoms with Crippen LogP contribution >= 0.6 is 0 Å². The molecule has 1 aromatic rings. The molecule has 15 heavy (non-hydrogen) atoms. The molecule has 3 heteroatoms. The maximum Gasteiger partial charge on any atom is 0.0762 e. The summed E-state index contributed by atoms with van der Waals surface area (Å²) in [5.41, 5.74) is 1.16. The largest absolute Gasteiger partial charge is 0.311 e. The predicted molar refractivity (Wildman–Crippen MR) is 61.7 cm³/mol. The Kier molecular flexibility index (Phi) is 3.41. The first kappa shape index (κ1) is 10.7. The molecule has 0 aromatic carbocycles. The zero-order chi connectivity index (χ0) is 10.7. The van der Waals surface area contributed by atoms with Crippen molar-refractivity contribution in [2.75, 3.05) is 6.54 Å². The zero-order valence-corrected chi connectivity index (χ0v) is 9.74. The molecule has 84 valence electrons. The molecule has 0 saturated heterocycles. The van der Waals surface area contributed by atoms with E-state index in [0.717, 1.165) is 24.7 Å². The number of hydrogen-bond donors (Lipinski definition) is 1. The summed E-state index contributed by atoms with van der Waals surface area (Å²) in [4.78, 5) is 0. The lowest BCUT2D eigenvalue weighted by atomic mass is 9.85. The van der Waals surface area contributed by atoms with E-state index < -0.39 is 0 Å². The lowest BCUT2D eigenvalue weighted by Crippen LogP contribution is -2.27. The van der Waals surface area contributed by atoms with Crippen molar-refractivity contribution in [3.05, 3.63) is 18.0 Å². The van der Waals surface area contributed by atoms with Crippen LogP contribution in [0.3, 0.4) is 0 Å². The molecule has 2 rings (SSSR count). The molecule has 1 aliphatic rings. The summed E-state index contributed by atoms with van der Waals surface area (Å²) in [6, 6.07) is 2.57. The van der Waals surface area contributed by atoms with Gasteiger partial charge in [0.05, 0.1) is 5.69 Å². The standard InChI is InChI=1S/C12H21N3/c1-10(2)15-7-6-12(14-15)9-13-8-11-4-3-5-11/h6-7,10-11,13H,3-5,8-9H2,1-2H3. The van der Waals surface area contributed by atoms with Gasteiger partial charge >= 0.3 is 0 Å². The van der Waals surface area contributed by atoms with E-state index >= 15 is 0 Å². The van der Waals surface area contributed by atoms with Crippen LogP contribution in [0.4, 0.5) is 0 Å². The SMILES string of the molecule is CC(C)n1ccc(CNCC2CCC2)n1. The topological polar surface area (TPSA) is 29.9 Å². The molecule has 1 N–H and O–H groups in total. The normalized spacial score (nSPS) is 17.0. The average Bonchev–Trinajstić information content (AvgIpc) is 2.57. The first-order valence-electron chi connectivity index (χ1n) is 6.00. The second-order valence-corrected chi connectivity index (χ2v) is 4.81. The van der Waals surface area contributed by atoms with Crippen molar-refractivity contribution >= 4 is 0 Å². The number of hydrogen-bond acceptors (Lipinski definition) is 2. The van der Waals surface area contributed by atoms with E-state index in [9.17, 15) is 0 Å². The smallest absolute Gasteiger partial charge is 0.0762 e. The second kappa shape index (κ2) is 4.79. The van der Waals surface area contributed by atoms with E-state index in [-0.39, 0.29) is 0 Å². The number of rotatable bonds is 5. The first-order chi connectivity index (χ1) is 7.25. The van der Waals surface area contributed by atoms with Crippen molar-refractivity contribution in [1.82, 2.24) is 15.1 Å². The molecule has 0 amide bonds. The summed E-state index contributed by atoms with van der Waals surface area (Å²) in [6.07, 6.45) is 6.31. The molecule has 0 atom stereocenters. The molecule has 0 spiro atoms. The van der Waals surface area contributed by atoms with Gasteiger partial charge in [-0.15, -0.1) is 0 Å². The van der Waals surface area contributed by atoms with Crippen LogP contribution in [0, 0.1) is 5.92 Å². The van der Waals surface area contributed by atoms with Gasteiger partial charge in [0.15, 0.2) is 0 Å². The van der Waals surface area contributed by atoms with E-state index in [1.807, 2.05) is 4.68 Å². The summed E-state index contributed by atoms with van der Waals surface area (Å²) in [6.45, 7) is 6.38. The Hall–Kier alpha value is -0.830. The summed E-state index contributed by atoms with van der Waals surface area (Å²) in [5.74, 6) is 0.928. The van der Waals surface area contributed by atoms with Gasteiger partial charge in [0, 0.05) is 18.8 Å². The molecular formula is C12H21N3. The first-order valence-corrected chi connectivity index (χ1v) is 6.00. The molecule has 1 saturated carbocycles. The van der Waals surface area contributed by atoms with Crippen molar-refractivity contribution in [2.45, 2.75) is 45.7 Å². The minimum absolute atomic E-state index is 0.463. The number of nitrogens with one attached hydrogen (secondary N) is 1. The molecule has 1 aromatic heterocycles. The molecule has 0 bridgehead atoms. The van der Waals surface area contributed by atoms with Crippen LogP contribution in [-0.4, -0.2) is 16.3 Å². The van der Waals surface area contributed by atoms with Crippen molar-refractivity contribution in [3.63, 3.8) is 0 Å². The monoisotopic (exact) mass is 207 g/mol. The fourth-order valence-electron chi connectivity index (χ4n) is 1.86. The van der Waals surface area contributed by atoms with Crippen LogP contribution in [0.2, 0.25) is 0 Å². The average molecular weight is 207 g/mol. The Morgan fingerprint density at radius 2 is 2.33 bits per heavy atom. The van der Waals surface area contributed by atoms with Gasteiger partial charge in [0.25, 0.3) is 0 Å². The van der Waals surface area contributed by atoms with Gasteiger partial charge in [-0.1, -0.05) is 6.42 Å². The predicted octanol–water partition coefficient (Wildman–Crippen LogP) is 2.35. The summed E-state index contributed by atoms with van der Waals surface area (Å²) >= 11 is 0. The van der Waals surface area contributed by atoms with Crippen molar-refractivity contribution in [1.29, 1.82) is 0 Å². The molecule has 3 nitrogen and oxygen atoms in total. The highest BCUT2D eigenvalue weighted by atomic mass is 15.3. The lowest BCUT2D eigenvalue weighted by Gasteiger charge is -2.25. The third-order valence-electron chi connectivity index (χ3n) is 3.16. The van der Waals surface area contributed by atoms with Crippen molar-refractivity contribution < 1.29 is 0 Å². The maximum atomic E-state index is 4.50. The molecule has 1 aliphatic carbocycles. The van der Waals surface area contributed by atoms with E-state index in [2.05, 4.69) is 36.5 Å². The second-order valence-electron chi connectivity index (χ2n) is 4.81. The van der Waals surface area contributed by atoms with Crippen LogP contribution in [0.15, 0.2) is 12.3 Å².